The lowest BCUT2D eigenvalue weighted by molar-refractivity contribution is 1.04. The molecule has 1 unspecified atom stereocenters. The standard InChI is InChI=1S/C18H15Cl2N/c1-12-10-15(13-2-6-16(19)7-3-13)11-18(21-12)14-4-8-17(20)9-5-14/h2-8,10-11,17H,9H2,1H3. The molecule has 1 atom stereocenters. The van der Waals surface area contributed by atoms with Crippen molar-refractivity contribution in [2.75, 3.05) is 0 Å². The third-order valence-corrected chi connectivity index (χ3v) is 4.05. The molecule has 1 aromatic carbocycles. The minimum absolute atomic E-state index is 0.0919. The molecule has 0 aliphatic heterocycles. The first-order valence-corrected chi connectivity index (χ1v) is 7.71. The van der Waals surface area contributed by atoms with E-state index in [1.54, 1.807) is 0 Å². The number of hydrogen-bond acceptors (Lipinski definition) is 1. The van der Waals surface area contributed by atoms with E-state index >= 15 is 0 Å². The Balaban J connectivity index is 2.01. The Bertz CT molecular complexity index is 714. The summed E-state index contributed by atoms with van der Waals surface area (Å²) < 4.78 is 0. The quantitative estimate of drug-likeness (QED) is 0.651. The highest BCUT2D eigenvalue weighted by molar-refractivity contribution is 6.30. The van der Waals surface area contributed by atoms with Gasteiger partial charge in [0.25, 0.3) is 0 Å². The monoisotopic (exact) mass is 315 g/mol. The van der Waals surface area contributed by atoms with Crippen molar-refractivity contribution in [3.63, 3.8) is 0 Å². The molecular weight excluding hydrogens is 301 g/mol. The third-order valence-electron chi connectivity index (χ3n) is 3.47. The van der Waals surface area contributed by atoms with Crippen LogP contribution in [0.25, 0.3) is 16.7 Å². The van der Waals surface area contributed by atoms with E-state index in [0.29, 0.717) is 0 Å². The van der Waals surface area contributed by atoms with Crippen LogP contribution in [-0.4, -0.2) is 10.4 Å². The lowest BCUT2D eigenvalue weighted by atomic mass is 9.99. The number of nitrogens with zero attached hydrogens (tertiary/aromatic N) is 1. The Morgan fingerprint density at radius 2 is 1.86 bits per heavy atom. The number of alkyl halides is 1. The van der Waals surface area contributed by atoms with Gasteiger partial charge >= 0.3 is 0 Å². The summed E-state index contributed by atoms with van der Waals surface area (Å²) in [5.41, 5.74) is 5.41. The summed E-state index contributed by atoms with van der Waals surface area (Å²) in [6.07, 6.45) is 7.06. The van der Waals surface area contributed by atoms with Crippen molar-refractivity contribution < 1.29 is 0 Å². The normalized spacial score (nSPS) is 17.7. The van der Waals surface area contributed by atoms with Gasteiger partial charge in [-0.2, -0.15) is 0 Å². The molecule has 1 nitrogen and oxygen atoms in total. The number of allylic oxidation sites excluding steroid dienone is 4. The van der Waals surface area contributed by atoms with Crippen LogP contribution in [0.5, 0.6) is 0 Å². The van der Waals surface area contributed by atoms with Crippen LogP contribution in [-0.2, 0) is 0 Å². The summed E-state index contributed by atoms with van der Waals surface area (Å²) >= 11 is 12.0. The maximum atomic E-state index is 6.08. The molecule has 0 saturated heterocycles. The highest BCUT2D eigenvalue weighted by Gasteiger charge is 2.10. The van der Waals surface area contributed by atoms with Gasteiger partial charge in [-0.3, -0.25) is 4.98 Å². The summed E-state index contributed by atoms with van der Waals surface area (Å²) in [4.78, 5) is 4.64. The molecule has 1 aliphatic rings. The van der Waals surface area contributed by atoms with Crippen molar-refractivity contribution in [3.05, 3.63) is 71.0 Å². The summed E-state index contributed by atoms with van der Waals surface area (Å²) in [5.74, 6) is 0. The predicted molar refractivity (Wildman–Crippen MR) is 90.8 cm³/mol. The van der Waals surface area contributed by atoms with E-state index in [1.807, 2.05) is 37.3 Å². The first-order valence-electron chi connectivity index (χ1n) is 6.89. The van der Waals surface area contributed by atoms with Gasteiger partial charge in [0.05, 0.1) is 11.1 Å². The molecule has 1 aliphatic carbocycles. The Hall–Kier alpha value is -1.57. The average molecular weight is 316 g/mol. The maximum Gasteiger partial charge on any atom is 0.0708 e. The summed E-state index contributed by atoms with van der Waals surface area (Å²) in [5, 5.41) is 0.838. The van der Waals surface area contributed by atoms with Crippen LogP contribution in [0.15, 0.2) is 54.6 Å². The average Bonchev–Trinajstić information content (AvgIpc) is 2.48. The van der Waals surface area contributed by atoms with E-state index in [1.165, 1.54) is 0 Å². The molecule has 3 rings (SSSR count). The predicted octanol–water partition coefficient (Wildman–Crippen LogP) is 5.66. The van der Waals surface area contributed by atoms with E-state index in [0.717, 1.165) is 39.5 Å². The van der Waals surface area contributed by atoms with E-state index < -0.39 is 0 Å². The fraction of sp³-hybridized carbons (Fsp3) is 0.167. The minimum atomic E-state index is 0.0919. The Morgan fingerprint density at radius 1 is 1.10 bits per heavy atom. The molecule has 0 N–H and O–H groups in total. The highest BCUT2D eigenvalue weighted by atomic mass is 35.5. The fourth-order valence-corrected chi connectivity index (χ4v) is 2.70. The molecule has 0 amide bonds. The van der Waals surface area contributed by atoms with Crippen molar-refractivity contribution in [3.8, 4) is 11.1 Å². The van der Waals surface area contributed by atoms with Gasteiger partial charge in [0.2, 0.25) is 0 Å². The van der Waals surface area contributed by atoms with Gasteiger partial charge in [-0.15, -0.1) is 11.6 Å². The zero-order valence-corrected chi connectivity index (χ0v) is 13.2. The number of pyridine rings is 1. The molecule has 21 heavy (non-hydrogen) atoms. The first-order chi connectivity index (χ1) is 10.1. The molecule has 0 spiro atoms. The molecule has 0 saturated carbocycles. The van der Waals surface area contributed by atoms with Gasteiger partial charge in [0.1, 0.15) is 0 Å². The largest absolute Gasteiger partial charge is 0.253 e. The van der Waals surface area contributed by atoms with E-state index in [-0.39, 0.29) is 5.38 Å². The van der Waals surface area contributed by atoms with Crippen LogP contribution in [0.3, 0.4) is 0 Å². The second kappa shape index (κ2) is 6.05. The van der Waals surface area contributed by atoms with Crippen LogP contribution in [0.1, 0.15) is 17.8 Å². The van der Waals surface area contributed by atoms with Gasteiger partial charge in [0.15, 0.2) is 0 Å². The van der Waals surface area contributed by atoms with E-state index in [9.17, 15) is 0 Å². The summed E-state index contributed by atoms with van der Waals surface area (Å²) in [6, 6.07) is 12.1. The van der Waals surface area contributed by atoms with Crippen LogP contribution in [0, 0.1) is 6.92 Å². The number of benzene rings is 1. The number of halogens is 2. The van der Waals surface area contributed by atoms with Crippen molar-refractivity contribution in [2.45, 2.75) is 18.7 Å². The lowest BCUT2D eigenvalue weighted by Crippen LogP contribution is -1.99. The van der Waals surface area contributed by atoms with E-state index in [4.69, 9.17) is 23.2 Å². The third kappa shape index (κ3) is 3.37. The minimum Gasteiger partial charge on any atom is -0.253 e. The van der Waals surface area contributed by atoms with Crippen molar-refractivity contribution in [1.29, 1.82) is 0 Å². The second-order valence-corrected chi connectivity index (χ2v) is 6.16. The highest BCUT2D eigenvalue weighted by Crippen LogP contribution is 2.28. The van der Waals surface area contributed by atoms with Gasteiger partial charge in [0, 0.05) is 10.7 Å². The van der Waals surface area contributed by atoms with Gasteiger partial charge < -0.3 is 0 Å². The zero-order valence-electron chi connectivity index (χ0n) is 11.7. The Morgan fingerprint density at radius 3 is 2.52 bits per heavy atom. The fourth-order valence-electron chi connectivity index (χ4n) is 2.41. The maximum absolute atomic E-state index is 6.08. The molecule has 0 radical (unpaired) electrons. The van der Waals surface area contributed by atoms with Crippen molar-refractivity contribution >= 4 is 28.8 Å². The van der Waals surface area contributed by atoms with Crippen LogP contribution in [0.4, 0.5) is 0 Å². The number of aromatic nitrogens is 1. The molecule has 3 heteroatoms. The summed E-state index contributed by atoms with van der Waals surface area (Å²) in [7, 11) is 0. The van der Waals surface area contributed by atoms with Crippen LogP contribution in [0.2, 0.25) is 5.02 Å². The molecule has 106 valence electrons. The molecular formula is C18H15Cl2N. The summed E-state index contributed by atoms with van der Waals surface area (Å²) in [6.45, 7) is 2.01. The molecule has 0 bridgehead atoms. The number of aryl methyl sites for hydroxylation is 1. The van der Waals surface area contributed by atoms with Crippen LogP contribution < -0.4 is 0 Å². The number of hydrogen-bond donors (Lipinski definition) is 0. The second-order valence-electron chi connectivity index (χ2n) is 5.16. The number of rotatable bonds is 2. The molecule has 2 aromatic rings. The first kappa shape index (κ1) is 14.4. The van der Waals surface area contributed by atoms with Gasteiger partial charge in [-0.25, -0.2) is 0 Å². The molecule has 0 fully saturated rings. The molecule has 1 heterocycles. The van der Waals surface area contributed by atoms with Gasteiger partial charge in [-0.1, -0.05) is 42.0 Å². The SMILES string of the molecule is Cc1cc(-c2ccc(Cl)cc2)cc(C2=CCC(Cl)C=C2)n1. The van der Waals surface area contributed by atoms with Crippen molar-refractivity contribution in [1.82, 2.24) is 4.98 Å². The molecule has 1 aromatic heterocycles. The van der Waals surface area contributed by atoms with Crippen molar-refractivity contribution in [2.24, 2.45) is 0 Å². The van der Waals surface area contributed by atoms with E-state index in [2.05, 4.69) is 29.3 Å². The zero-order chi connectivity index (χ0) is 14.8. The smallest absolute Gasteiger partial charge is 0.0708 e. The van der Waals surface area contributed by atoms with Crippen LogP contribution >= 0.6 is 23.2 Å². The Kier molecular flexibility index (Phi) is 4.14. The topological polar surface area (TPSA) is 12.9 Å². The Labute approximate surface area is 134 Å². The lowest BCUT2D eigenvalue weighted by Gasteiger charge is -2.12. The van der Waals surface area contributed by atoms with Gasteiger partial charge in [-0.05, 0) is 54.3 Å².